The Morgan fingerprint density at radius 2 is 1.75 bits per heavy atom. The van der Waals surface area contributed by atoms with Crippen LogP contribution >= 0.6 is 12.2 Å². The van der Waals surface area contributed by atoms with E-state index in [4.69, 9.17) is 21.7 Å². The molecule has 2 N–H and O–H groups in total. The Kier molecular flexibility index (Phi) is 9.28. The Hall–Kier alpha value is -2.08. The molecule has 1 aromatic carbocycles. The molecule has 0 bridgehead atoms. The van der Waals surface area contributed by atoms with Crippen LogP contribution in [0.5, 0.6) is 5.75 Å². The monoisotopic (exact) mass is 404 g/mol. The summed E-state index contributed by atoms with van der Waals surface area (Å²) >= 11 is 5.27. The van der Waals surface area contributed by atoms with E-state index in [0.717, 1.165) is 30.0 Å². The second-order valence-electron chi connectivity index (χ2n) is 6.98. The van der Waals surface area contributed by atoms with Gasteiger partial charge in [-0.2, -0.15) is 0 Å². The van der Waals surface area contributed by atoms with Crippen LogP contribution in [0.3, 0.4) is 0 Å². The summed E-state index contributed by atoms with van der Waals surface area (Å²) in [5.41, 5.74) is 2.21. The standard InChI is InChI=1S/C22H32N2O3S/c1-4-6-7-8-9-10-15-27-18-13-11-17(12-14-18)20-19(21(25)26-5-2)16(3)23-22(28)24-20/h11-14,20H,4-10,15H2,1-3H3,(H2,23,24,28). The van der Waals surface area contributed by atoms with Crippen LogP contribution in [0.15, 0.2) is 35.5 Å². The molecule has 6 heteroatoms. The fourth-order valence-electron chi connectivity index (χ4n) is 3.25. The first-order valence-corrected chi connectivity index (χ1v) is 10.7. The van der Waals surface area contributed by atoms with Crippen molar-refractivity contribution in [2.24, 2.45) is 0 Å². The minimum absolute atomic E-state index is 0.331. The summed E-state index contributed by atoms with van der Waals surface area (Å²) in [4.78, 5) is 12.4. The number of thiocarbonyl (C=S) groups is 1. The van der Waals surface area contributed by atoms with Crippen LogP contribution in [-0.2, 0) is 9.53 Å². The summed E-state index contributed by atoms with van der Waals surface area (Å²) in [7, 11) is 0. The molecule has 0 aliphatic carbocycles. The molecular weight excluding hydrogens is 372 g/mol. The zero-order valence-corrected chi connectivity index (χ0v) is 18.0. The van der Waals surface area contributed by atoms with Gasteiger partial charge in [-0.15, -0.1) is 0 Å². The summed E-state index contributed by atoms with van der Waals surface area (Å²) < 4.78 is 11.1. The van der Waals surface area contributed by atoms with Crippen LogP contribution in [0.1, 0.15) is 70.9 Å². The number of hydrogen-bond donors (Lipinski definition) is 2. The van der Waals surface area contributed by atoms with Crippen LogP contribution in [0.4, 0.5) is 0 Å². The van der Waals surface area contributed by atoms with E-state index in [1.807, 2.05) is 31.2 Å². The van der Waals surface area contributed by atoms with E-state index < -0.39 is 0 Å². The van der Waals surface area contributed by atoms with Crippen molar-refractivity contribution in [1.29, 1.82) is 0 Å². The zero-order valence-electron chi connectivity index (χ0n) is 17.2. The average Bonchev–Trinajstić information content (AvgIpc) is 2.67. The van der Waals surface area contributed by atoms with Crippen molar-refractivity contribution >= 4 is 23.3 Å². The summed E-state index contributed by atoms with van der Waals surface area (Å²) in [6, 6.07) is 7.48. The lowest BCUT2D eigenvalue weighted by Gasteiger charge is -2.29. The predicted molar refractivity (Wildman–Crippen MR) is 116 cm³/mol. The number of carbonyl (C=O) groups excluding carboxylic acids is 1. The number of allylic oxidation sites excluding steroid dienone is 1. The lowest BCUT2D eigenvalue weighted by molar-refractivity contribution is -0.139. The number of benzene rings is 1. The third-order valence-corrected chi connectivity index (χ3v) is 4.96. The molecular formula is C22H32N2O3S. The number of hydrogen-bond acceptors (Lipinski definition) is 4. The topological polar surface area (TPSA) is 59.6 Å². The lowest BCUT2D eigenvalue weighted by atomic mass is 9.95. The number of rotatable bonds is 11. The molecule has 0 fully saturated rings. The van der Waals surface area contributed by atoms with Crippen molar-refractivity contribution in [3.63, 3.8) is 0 Å². The van der Waals surface area contributed by atoms with E-state index >= 15 is 0 Å². The molecule has 0 saturated heterocycles. The Morgan fingerprint density at radius 1 is 1.07 bits per heavy atom. The molecule has 5 nitrogen and oxygen atoms in total. The van der Waals surface area contributed by atoms with Crippen LogP contribution in [0.25, 0.3) is 0 Å². The first-order chi connectivity index (χ1) is 13.6. The SMILES string of the molecule is CCCCCCCCOc1ccc(C2NC(=S)NC(C)=C2C(=O)OCC)cc1. The van der Waals surface area contributed by atoms with Crippen molar-refractivity contribution < 1.29 is 14.3 Å². The normalized spacial score (nSPS) is 16.4. The fraction of sp³-hybridized carbons (Fsp3) is 0.545. The van der Waals surface area contributed by atoms with E-state index in [1.54, 1.807) is 6.92 Å². The molecule has 28 heavy (non-hydrogen) atoms. The molecule has 0 amide bonds. The molecule has 1 aliphatic heterocycles. The van der Waals surface area contributed by atoms with E-state index in [-0.39, 0.29) is 12.0 Å². The largest absolute Gasteiger partial charge is 0.494 e. The third kappa shape index (κ3) is 6.51. The van der Waals surface area contributed by atoms with Crippen molar-refractivity contribution in [1.82, 2.24) is 10.6 Å². The smallest absolute Gasteiger partial charge is 0.338 e. The highest BCUT2D eigenvalue weighted by atomic mass is 32.1. The van der Waals surface area contributed by atoms with Gasteiger partial charge in [0.25, 0.3) is 0 Å². The van der Waals surface area contributed by atoms with E-state index in [0.29, 0.717) is 17.3 Å². The zero-order chi connectivity index (χ0) is 20.4. The third-order valence-electron chi connectivity index (χ3n) is 4.74. The molecule has 154 valence electrons. The lowest BCUT2D eigenvalue weighted by Crippen LogP contribution is -2.45. The molecule has 0 aromatic heterocycles. The van der Waals surface area contributed by atoms with Gasteiger partial charge in [0, 0.05) is 5.70 Å². The van der Waals surface area contributed by atoms with Crippen molar-refractivity contribution in [3.8, 4) is 5.75 Å². The molecule has 0 radical (unpaired) electrons. The molecule has 1 heterocycles. The van der Waals surface area contributed by atoms with Gasteiger partial charge in [0.2, 0.25) is 0 Å². The minimum atomic E-state index is -0.337. The number of nitrogens with one attached hydrogen (secondary N) is 2. The van der Waals surface area contributed by atoms with Gasteiger partial charge in [0.1, 0.15) is 5.75 Å². The van der Waals surface area contributed by atoms with Gasteiger partial charge in [-0.3, -0.25) is 0 Å². The van der Waals surface area contributed by atoms with Crippen LogP contribution in [-0.4, -0.2) is 24.3 Å². The second kappa shape index (κ2) is 11.7. The first kappa shape index (κ1) is 22.2. The second-order valence-corrected chi connectivity index (χ2v) is 7.38. The maximum atomic E-state index is 12.4. The Labute approximate surface area is 173 Å². The number of esters is 1. The first-order valence-electron chi connectivity index (χ1n) is 10.2. The highest BCUT2D eigenvalue weighted by Crippen LogP contribution is 2.29. The number of unbranched alkanes of at least 4 members (excludes halogenated alkanes) is 5. The van der Waals surface area contributed by atoms with E-state index in [2.05, 4.69) is 17.6 Å². The van der Waals surface area contributed by atoms with Gasteiger partial charge in [0.15, 0.2) is 5.11 Å². The maximum absolute atomic E-state index is 12.4. The van der Waals surface area contributed by atoms with Crippen molar-refractivity contribution in [2.45, 2.75) is 65.3 Å². The predicted octanol–water partition coefficient (Wildman–Crippen LogP) is 4.78. The van der Waals surface area contributed by atoms with Gasteiger partial charge in [-0.05, 0) is 50.2 Å². The molecule has 0 saturated carbocycles. The van der Waals surface area contributed by atoms with Crippen molar-refractivity contribution in [2.75, 3.05) is 13.2 Å². The minimum Gasteiger partial charge on any atom is -0.494 e. The van der Waals surface area contributed by atoms with E-state index in [1.165, 1.54) is 32.1 Å². The molecule has 2 rings (SSSR count). The average molecular weight is 405 g/mol. The summed E-state index contributed by atoms with van der Waals surface area (Å²) in [6.07, 6.45) is 7.46. The quantitative estimate of drug-likeness (QED) is 0.314. The molecule has 0 spiro atoms. The van der Waals surface area contributed by atoms with Gasteiger partial charge in [0.05, 0.1) is 24.8 Å². The van der Waals surface area contributed by atoms with Crippen molar-refractivity contribution in [3.05, 3.63) is 41.1 Å². The molecule has 1 atom stereocenters. The van der Waals surface area contributed by atoms with Gasteiger partial charge in [-0.1, -0.05) is 51.2 Å². The summed E-state index contributed by atoms with van der Waals surface area (Å²) in [5.74, 6) is 0.503. The van der Waals surface area contributed by atoms with Crippen LogP contribution in [0.2, 0.25) is 0 Å². The summed E-state index contributed by atoms with van der Waals surface area (Å²) in [5, 5.41) is 6.68. The Bertz CT molecular complexity index is 686. The van der Waals surface area contributed by atoms with Gasteiger partial charge < -0.3 is 20.1 Å². The number of carbonyl (C=O) groups is 1. The maximum Gasteiger partial charge on any atom is 0.338 e. The van der Waals surface area contributed by atoms with Gasteiger partial charge in [-0.25, -0.2) is 4.79 Å². The molecule has 1 aliphatic rings. The Morgan fingerprint density at radius 3 is 2.43 bits per heavy atom. The van der Waals surface area contributed by atoms with Crippen LogP contribution < -0.4 is 15.4 Å². The number of ether oxygens (including phenoxy) is 2. The van der Waals surface area contributed by atoms with Crippen LogP contribution in [0, 0.1) is 0 Å². The van der Waals surface area contributed by atoms with E-state index in [9.17, 15) is 4.79 Å². The summed E-state index contributed by atoms with van der Waals surface area (Å²) in [6.45, 7) is 6.93. The molecule has 1 unspecified atom stereocenters. The highest BCUT2D eigenvalue weighted by Gasteiger charge is 2.30. The highest BCUT2D eigenvalue weighted by molar-refractivity contribution is 7.80. The Balaban J connectivity index is 1.96. The fourth-order valence-corrected chi connectivity index (χ4v) is 3.52. The van der Waals surface area contributed by atoms with Gasteiger partial charge >= 0.3 is 5.97 Å². The molecule has 1 aromatic rings.